The van der Waals surface area contributed by atoms with Crippen molar-refractivity contribution in [3.05, 3.63) is 48.2 Å². The van der Waals surface area contributed by atoms with Gasteiger partial charge in [0, 0.05) is 30.8 Å². The molecule has 3 unspecified atom stereocenters. The van der Waals surface area contributed by atoms with Gasteiger partial charge >= 0.3 is 0 Å². The van der Waals surface area contributed by atoms with E-state index in [2.05, 4.69) is 26.8 Å². The molecule has 0 bridgehead atoms. The number of aliphatic hydroxyl groups excluding tert-OH is 2. The molecule has 0 aromatic carbocycles. The average Bonchev–Trinajstić information content (AvgIpc) is 3.18. The van der Waals surface area contributed by atoms with Crippen LogP contribution in [0.3, 0.4) is 0 Å². The van der Waals surface area contributed by atoms with Crippen molar-refractivity contribution in [2.75, 3.05) is 12.3 Å². The van der Waals surface area contributed by atoms with Crippen molar-refractivity contribution in [2.24, 2.45) is 0 Å². The zero-order chi connectivity index (χ0) is 20.6. The molecule has 0 saturated carbocycles. The second-order valence-electron chi connectivity index (χ2n) is 7.10. The van der Waals surface area contributed by atoms with Gasteiger partial charge in [-0.1, -0.05) is 11.8 Å². The van der Waals surface area contributed by atoms with Crippen LogP contribution in [0.2, 0.25) is 0 Å². The Morgan fingerprint density at radius 1 is 1.28 bits per heavy atom. The summed E-state index contributed by atoms with van der Waals surface area (Å²) in [5.41, 5.74) is 6.24. The van der Waals surface area contributed by atoms with Crippen LogP contribution in [0.1, 0.15) is 30.7 Å². The molecular weight excluding hydrogens is 374 g/mol. The van der Waals surface area contributed by atoms with Gasteiger partial charge < -0.3 is 30.4 Å². The molecule has 1 aliphatic heterocycles. The van der Waals surface area contributed by atoms with E-state index in [0.717, 1.165) is 5.56 Å². The number of nitrogens with two attached hydrogens (primary N) is 1. The third-order valence-electron chi connectivity index (χ3n) is 5.08. The molecule has 1 saturated heterocycles. The van der Waals surface area contributed by atoms with E-state index in [1.165, 1.54) is 13.3 Å². The molecule has 9 nitrogen and oxygen atoms in total. The molecule has 0 radical (unpaired) electrons. The predicted octanol–water partition coefficient (Wildman–Crippen LogP) is 0.200. The number of hydrogen-bond donors (Lipinski definition) is 4. The van der Waals surface area contributed by atoms with Crippen molar-refractivity contribution in [3.8, 4) is 11.8 Å². The van der Waals surface area contributed by atoms with Crippen molar-refractivity contribution in [3.63, 3.8) is 0 Å². The Morgan fingerprint density at radius 3 is 2.76 bits per heavy atom. The smallest absolute Gasteiger partial charge is 0.166 e. The van der Waals surface area contributed by atoms with Gasteiger partial charge in [0.25, 0.3) is 0 Å². The first-order chi connectivity index (χ1) is 13.9. The van der Waals surface area contributed by atoms with E-state index in [1.54, 1.807) is 35.3 Å². The van der Waals surface area contributed by atoms with Gasteiger partial charge in [-0.25, -0.2) is 9.97 Å². The number of rotatable bonds is 3. The number of fused-ring (bicyclic) bond motifs is 1. The molecular formula is C20H21N5O4. The molecule has 29 heavy (non-hydrogen) atoms. The lowest BCUT2D eigenvalue weighted by Gasteiger charge is -2.27. The number of hydrogen-bond acceptors (Lipinski definition) is 8. The van der Waals surface area contributed by atoms with Gasteiger partial charge in [0.2, 0.25) is 0 Å². The summed E-state index contributed by atoms with van der Waals surface area (Å²) in [5.74, 6) is 6.36. The summed E-state index contributed by atoms with van der Waals surface area (Å²) in [4.78, 5) is 12.3. The van der Waals surface area contributed by atoms with Crippen LogP contribution in [0.25, 0.3) is 11.0 Å². The third kappa shape index (κ3) is 3.32. The van der Waals surface area contributed by atoms with Crippen LogP contribution in [0, 0.1) is 11.8 Å². The summed E-state index contributed by atoms with van der Waals surface area (Å²) in [5, 5.41) is 31.2. The molecule has 3 aromatic heterocycles. The Labute approximate surface area is 166 Å². The number of nitrogen functional groups attached to an aromatic ring is 1. The van der Waals surface area contributed by atoms with E-state index in [9.17, 15) is 15.3 Å². The van der Waals surface area contributed by atoms with Gasteiger partial charge in [-0.05, 0) is 25.5 Å². The lowest BCUT2D eigenvalue weighted by atomic mass is 9.95. The van der Waals surface area contributed by atoms with E-state index in [4.69, 9.17) is 10.5 Å². The molecule has 0 amide bonds. The van der Waals surface area contributed by atoms with Crippen molar-refractivity contribution in [1.82, 2.24) is 19.5 Å². The number of anilines is 1. The van der Waals surface area contributed by atoms with E-state index in [-0.39, 0.29) is 18.8 Å². The van der Waals surface area contributed by atoms with Crippen LogP contribution >= 0.6 is 0 Å². The highest BCUT2D eigenvalue weighted by Gasteiger charge is 2.53. The fourth-order valence-electron chi connectivity index (χ4n) is 3.56. The SMILES string of the molecule is C[C@@]1(O)C(O)C(CCO)OC1n1cc(C#Cc2ccncc2)c2c(N)ncnc21. The number of pyridine rings is 1. The molecule has 1 fully saturated rings. The van der Waals surface area contributed by atoms with Gasteiger partial charge in [0.1, 0.15) is 29.5 Å². The van der Waals surface area contributed by atoms with Crippen LogP contribution in [-0.2, 0) is 4.74 Å². The van der Waals surface area contributed by atoms with Crippen molar-refractivity contribution in [2.45, 2.75) is 37.4 Å². The molecule has 0 aliphatic carbocycles. The molecule has 1 aliphatic rings. The quantitative estimate of drug-likeness (QED) is 0.461. The van der Waals surface area contributed by atoms with Crippen LogP contribution in [-0.4, -0.2) is 59.3 Å². The summed E-state index contributed by atoms with van der Waals surface area (Å²) in [6.45, 7) is 1.31. The Kier molecular flexibility index (Phi) is 4.94. The fourth-order valence-corrected chi connectivity index (χ4v) is 3.56. The molecule has 0 spiro atoms. The predicted molar refractivity (Wildman–Crippen MR) is 104 cm³/mol. The number of aromatic nitrogens is 4. The number of nitrogens with zero attached hydrogens (tertiary/aromatic N) is 4. The Balaban J connectivity index is 1.83. The van der Waals surface area contributed by atoms with Gasteiger partial charge in [-0.3, -0.25) is 4.98 Å². The minimum Gasteiger partial charge on any atom is -0.396 e. The van der Waals surface area contributed by atoms with Crippen molar-refractivity contribution >= 4 is 16.9 Å². The Bertz CT molecular complexity index is 1090. The molecule has 5 N–H and O–H groups in total. The summed E-state index contributed by atoms with van der Waals surface area (Å²) in [6.07, 6.45) is 3.65. The van der Waals surface area contributed by atoms with Gasteiger partial charge in [-0.15, -0.1) is 0 Å². The highest BCUT2D eigenvalue weighted by Crippen LogP contribution is 2.41. The highest BCUT2D eigenvalue weighted by atomic mass is 16.6. The first-order valence-electron chi connectivity index (χ1n) is 9.13. The normalized spacial score (nSPS) is 26.4. The van der Waals surface area contributed by atoms with Gasteiger partial charge in [0.05, 0.1) is 17.1 Å². The van der Waals surface area contributed by atoms with Crippen molar-refractivity contribution in [1.29, 1.82) is 0 Å². The van der Waals surface area contributed by atoms with E-state index >= 15 is 0 Å². The molecule has 4 heterocycles. The topological polar surface area (TPSA) is 140 Å². The zero-order valence-corrected chi connectivity index (χ0v) is 15.7. The van der Waals surface area contributed by atoms with Crippen LogP contribution in [0.5, 0.6) is 0 Å². The maximum Gasteiger partial charge on any atom is 0.166 e. The molecule has 9 heteroatoms. The lowest BCUT2D eigenvalue weighted by molar-refractivity contribution is -0.0941. The largest absolute Gasteiger partial charge is 0.396 e. The second kappa shape index (κ2) is 7.42. The summed E-state index contributed by atoms with van der Waals surface area (Å²) < 4.78 is 7.49. The lowest BCUT2D eigenvalue weighted by Crippen LogP contribution is -2.43. The fraction of sp³-hybridized carbons (Fsp3) is 0.350. The second-order valence-corrected chi connectivity index (χ2v) is 7.10. The summed E-state index contributed by atoms with van der Waals surface area (Å²) >= 11 is 0. The molecule has 3 aromatic rings. The monoisotopic (exact) mass is 395 g/mol. The minimum absolute atomic E-state index is 0.172. The number of ether oxygens (including phenoxy) is 1. The van der Waals surface area contributed by atoms with Gasteiger partial charge in [0.15, 0.2) is 6.23 Å². The Hall–Kier alpha value is -3.03. The first-order valence-corrected chi connectivity index (χ1v) is 9.13. The average molecular weight is 395 g/mol. The van der Waals surface area contributed by atoms with E-state index in [1.807, 2.05) is 0 Å². The highest BCUT2D eigenvalue weighted by molar-refractivity contribution is 5.92. The molecule has 4 rings (SSSR count). The molecule has 150 valence electrons. The van der Waals surface area contributed by atoms with Crippen LogP contribution < -0.4 is 5.73 Å². The maximum atomic E-state index is 10.9. The molecule has 4 atom stereocenters. The standard InChI is InChI=1S/C20H21N5O4/c1-20(28)16(27)14(6-9-26)29-19(20)25-10-13(3-2-12-4-7-22-8-5-12)15-17(21)23-11-24-18(15)25/h4-5,7-8,10-11,14,16,19,26-28H,6,9H2,1H3,(H2,21,23,24)/t14?,16?,19?,20-/m1/s1. The van der Waals surface area contributed by atoms with Crippen LogP contribution in [0.4, 0.5) is 5.82 Å². The van der Waals surface area contributed by atoms with Crippen molar-refractivity contribution < 1.29 is 20.1 Å². The van der Waals surface area contributed by atoms with Crippen LogP contribution in [0.15, 0.2) is 37.1 Å². The summed E-state index contributed by atoms with van der Waals surface area (Å²) in [7, 11) is 0. The van der Waals surface area contributed by atoms with E-state index < -0.39 is 24.0 Å². The summed E-state index contributed by atoms with van der Waals surface area (Å²) in [6, 6.07) is 3.57. The maximum absolute atomic E-state index is 10.9. The Morgan fingerprint density at radius 2 is 2.03 bits per heavy atom. The third-order valence-corrected chi connectivity index (χ3v) is 5.08. The first kappa shape index (κ1) is 19.3. The zero-order valence-electron chi connectivity index (χ0n) is 15.7. The van der Waals surface area contributed by atoms with Gasteiger partial charge in [-0.2, -0.15) is 0 Å². The number of aliphatic hydroxyl groups is 3. The van der Waals surface area contributed by atoms with E-state index in [0.29, 0.717) is 16.6 Å². The minimum atomic E-state index is -1.61.